The van der Waals surface area contributed by atoms with Crippen LogP contribution in [0, 0.1) is 17.8 Å². The molecule has 1 saturated heterocycles. The van der Waals surface area contributed by atoms with Crippen molar-refractivity contribution in [2.75, 3.05) is 0 Å². The first-order valence-electron chi connectivity index (χ1n) is 22.3. The molecule has 0 aromatic heterocycles. The largest absolute Gasteiger partial charge is 0.481 e. The molecule has 2 aliphatic rings. The fraction of sp³-hybridized carbons (Fsp3) is 0.702. The number of carbonyl (C=O) groups excluding carboxylic acids is 1. The smallest absolute Gasteiger partial charge is 0.308 e. The van der Waals surface area contributed by atoms with Crippen LogP contribution < -0.4 is 5.73 Å². The van der Waals surface area contributed by atoms with Crippen LogP contribution in [0.5, 0.6) is 0 Å². The molecule has 2 heterocycles. The second-order valence-electron chi connectivity index (χ2n) is 17.2. The lowest BCUT2D eigenvalue weighted by Crippen LogP contribution is -2.53. The average molecular weight is 880 g/mol. The van der Waals surface area contributed by atoms with Crippen molar-refractivity contribution < 1.29 is 69.8 Å². The topological polar surface area (TPSA) is 270 Å². The summed E-state index contributed by atoms with van der Waals surface area (Å²) in [6.07, 6.45) is 12.2. The summed E-state index contributed by atoms with van der Waals surface area (Å²) >= 11 is 0. The van der Waals surface area contributed by atoms with Gasteiger partial charge in [-0.3, -0.25) is 9.59 Å². The number of aliphatic carboxylic acids is 1. The molecule has 1 fully saturated rings. The fourth-order valence-corrected chi connectivity index (χ4v) is 7.42. The number of rotatable bonds is 3. The van der Waals surface area contributed by atoms with E-state index in [-0.39, 0.29) is 69.8 Å². The molecule has 11 N–H and O–H groups in total. The molecule has 16 atom stereocenters. The van der Waals surface area contributed by atoms with Gasteiger partial charge in [0.1, 0.15) is 12.2 Å². The quantitative estimate of drug-likeness (QED) is 0.181. The van der Waals surface area contributed by atoms with Crippen molar-refractivity contribution in [1.29, 1.82) is 0 Å². The van der Waals surface area contributed by atoms with Gasteiger partial charge in [-0.25, -0.2) is 0 Å². The molecule has 354 valence electrons. The van der Waals surface area contributed by atoms with E-state index in [2.05, 4.69) is 0 Å². The maximum Gasteiger partial charge on any atom is 0.308 e. The molecule has 0 aromatic carbocycles. The van der Waals surface area contributed by atoms with E-state index in [0.717, 1.165) is 12.8 Å². The first-order chi connectivity index (χ1) is 29.4. The van der Waals surface area contributed by atoms with E-state index in [0.29, 0.717) is 6.42 Å². The lowest BCUT2D eigenvalue weighted by atomic mass is 9.89. The van der Waals surface area contributed by atoms with Gasteiger partial charge >= 0.3 is 11.9 Å². The molecule has 62 heavy (non-hydrogen) atoms. The summed E-state index contributed by atoms with van der Waals surface area (Å²) in [6, 6.07) is -0.551. The van der Waals surface area contributed by atoms with Crippen molar-refractivity contribution in [2.24, 2.45) is 23.5 Å². The van der Waals surface area contributed by atoms with Gasteiger partial charge in [-0.15, -0.1) is 0 Å². The molecule has 0 bridgehead atoms. The summed E-state index contributed by atoms with van der Waals surface area (Å²) in [5, 5.41) is 94.8. The summed E-state index contributed by atoms with van der Waals surface area (Å²) in [7, 11) is 0. The zero-order valence-electron chi connectivity index (χ0n) is 37.0. The van der Waals surface area contributed by atoms with Crippen LogP contribution in [-0.4, -0.2) is 137 Å². The van der Waals surface area contributed by atoms with E-state index >= 15 is 0 Å². The number of nitrogens with two attached hydrogens (primary N) is 1. The van der Waals surface area contributed by atoms with Gasteiger partial charge in [0, 0.05) is 24.3 Å². The maximum atomic E-state index is 12.6. The lowest BCUT2D eigenvalue weighted by molar-refractivity contribution is -0.252. The SMILES string of the molecule is C[C@@H]1[C@H](O)[C@@H](C)/C=C/C=C/CC/C=C/C=C/C=C/C=C/[C@H](O[C@H]2O[C@@H](C)C[C@@H](N)[C@H]2O)CC[C@H](C(=O)O)CC[C@@H](O)C[C@@H](O)[C@H](O)CC[C@@H](O)C[C@@H](O)C[C@@H](O)CC(=O)O[C@H]1C. The van der Waals surface area contributed by atoms with E-state index in [1.54, 1.807) is 32.1 Å². The zero-order chi connectivity index (χ0) is 46.2. The first kappa shape index (κ1) is 55.1. The normalized spacial score (nSPS) is 41.5. The van der Waals surface area contributed by atoms with Gasteiger partial charge in [0.15, 0.2) is 6.29 Å². The predicted molar refractivity (Wildman–Crippen MR) is 235 cm³/mol. The monoisotopic (exact) mass is 880 g/mol. The molecule has 2 aliphatic heterocycles. The van der Waals surface area contributed by atoms with Gasteiger partial charge in [0.05, 0.1) is 67.3 Å². The van der Waals surface area contributed by atoms with Gasteiger partial charge < -0.3 is 65.9 Å². The Hall–Kier alpha value is -3.06. The summed E-state index contributed by atoms with van der Waals surface area (Å²) in [6.45, 7) is 7.13. The summed E-state index contributed by atoms with van der Waals surface area (Å²) in [5.74, 6) is -3.29. The average Bonchev–Trinajstić information content (AvgIpc) is 3.19. The third kappa shape index (κ3) is 22.5. The van der Waals surface area contributed by atoms with Gasteiger partial charge in [-0.1, -0.05) is 86.8 Å². The number of aliphatic hydroxyl groups excluding tert-OH is 8. The summed E-state index contributed by atoms with van der Waals surface area (Å²) < 4.78 is 17.4. The van der Waals surface area contributed by atoms with Crippen molar-refractivity contribution in [1.82, 2.24) is 0 Å². The number of hydrogen-bond donors (Lipinski definition) is 10. The molecule has 0 aliphatic carbocycles. The molecule has 0 amide bonds. The van der Waals surface area contributed by atoms with Crippen molar-refractivity contribution in [3.63, 3.8) is 0 Å². The van der Waals surface area contributed by atoms with E-state index in [4.69, 9.17) is 19.9 Å². The summed E-state index contributed by atoms with van der Waals surface area (Å²) in [4.78, 5) is 24.8. The number of esters is 1. The zero-order valence-corrected chi connectivity index (χ0v) is 37.0. The lowest BCUT2D eigenvalue weighted by Gasteiger charge is -2.37. The Labute approximate surface area is 368 Å². The van der Waals surface area contributed by atoms with Crippen molar-refractivity contribution in [3.8, 4) is 0 Å². The maximum absolute atomic E-state index is 12.6. The van der Waals surface area contributed by atoms with Crippen LogP contribution in [0.15, 0.2) is 72.9 Å². The third-order valence-corrected chi connectivity index (χ3v) is 11.6. The minimum absolute atomic E-state index is 0.0124. The highest BCUT2D eigenvalue weighted by atomic mass is 16.7. The molecule has 0 aromatic rings. The Morgan fingerprint density at radius 3 is 1.89 bits per heavy atom. The van der Waals surface area contributed by atoms with E-state index in [1.807, 2.05) is 68.5 Å². The Morgan fingerprint density at radius 1 is 0.645 bits per heavy atom. The third-order valence-electron chi connectivity index (χ3n) is 11.6. The molecule has 15 heteroatoms. The minimum Gasteiger partial charge on any atom is -0.481 e. The minimum atomic E-state index is -1.37. The second kappa shape index (κ2) is 30.1. The van der Waals surface area contributed by atoms with E-state index < -0.39 is 104 Å². The Kier molecular flexibility index (Phi) is 26.8. The highest BCUT2D eigenvalue weighted by Gasteiger charge is 2.36. The van der Waals surface area contributed by atoms with Crippen molar-refractivity contribution >= 4 is 11.9 Å². The number of aliphatic hydroxyl groups is 8. The van der Waals surface area contributed by atoms with E-state index in [1.165, 1.54) is 0 Å². The van der Waals surface area contributed by atoms with Crippen LogP contribution in [0.1, 0.15) is 111 Å². The van der Waals surface area contributed by atoms with Gasteiger partial charge in [0.25, 0.3) is 0 Å². The molecular formula is C47H77NO14. The van der Waals surface area contributed by atoms with Crippen molar-refractivity contribution in [2.45, 2.75) is 191 Å². The molecule has 0 saturated carbocycles. The molecule has 0 spiro atoms. The number of carboxylic acids is 1. The van der Waals surface area contributed by atoms with Crippen LogP contribution in [0.3, 0.4) is 0 Å². The molecular weight excluding hydrogens is 803 g/mol. The number of ether oxygens (including phenoxy) is 3. The van der Waals surface area contributed by atoms with E-state index in [9.17, 15) is 55.5 Å². The number of allylic oxidation sites excluding steroid dienone is 10. The van der Waals surface area contributed by atoms with Crippen LogP contribution in [0.25, 0.3) is 0 Å². The second-order valence-corrected chi connectivity index (χ2v) is 17.2. The first-order valence-corrected chi connectivity index (χ1v) is 22.3. The Bertz CT molecular complexity index is 1450. The number of carbonyl (C=O) groups is 2. The number of carboxylic acid groups (broad SMARTS) is 1. The van der Waals surface area contributed by atoms with Crippen LogP contribution in [0.4, 0.5) is 0 Å². The number of cyclic esters (lactones) is 1. The van der Waals surface area contributed by atoms with Gasteiger partial charge in [0.2, 0.25) is 0 Å². The number of hydrogen-bond acceptors (Lipinski definition) is 14. The molecule has 2 rings (SSSR count). The Morgan fingerprint density at radius 2 is 1.21 bits per heavy atom. The predicted octanol–water partition coefficient (Wildman–Crippen LogP) is 3.66. The summed E-state index contributed by atoms with van der Waals surface area (Å²) in [5.41, 5.74) is 6.11. The molecule has 15 nitrogen and oxygen atoms in total. The molecule has 0 radical (unpaired) electrons. The molecule has 0 unspecified atom stereocenters. The van der Waals surface area contributed by atoms with Crippen LogP contribution in [-0.2, 0) is 23.8 Å². The highest BCUT2D eigenvalue weighted by molar-refractivity contribution is 5.70. The van der Waals surface area contributed by atoms with Crippen LogP contribution in [0.2, 0.25) is 0 Å². The fourth-order valence-electron chi connectivity index (χ4n) is 7.42. The Balaban J connectivity index is 2.16. The highest BCUT2D eigenvalue weighted by Crippen LogP contribution is 2.26. The van der Waals surface area contributed by atoms with Gasteiger partial charge in [-0.2, -0.15) is 0 Å². The standard InChI is InChI=1S/C47H77NO14/c1-30-17-15-13-11-9-7-5-6-8-10-12-14-16-18-39(62-47-45(57)40(48)25-31(2)60-47)23-20-34(46(58)59)19-21-36(50)28-42(54)41(53)24-22-35(49)26-37(51)27-38(52)29-43(55)61-33(4)32(3)44(30)56/h5-6,8,10-18,30-42,44-45,47,49-54,56-57H,7,9,19-29,48H2,1-4H3,(H,58,59)/b6-5+,10-8+,13-11+,14-12+,17-15+,18-16+/t30-,31-,32-,33-,34+,35+,36+,37+,38+,39-,40+,41+,42+,44+,45+,47+/m0/s1. The van der Waals surface area contributed by atoms with Crippen LogP contribution >= 0.6 is 0 Å². The van der Waals surface area contributed by atoms with Crippen molar-refractivity contribution in [3.05, 3.63) is 72.9 Å². The van der Waals surface area contributed by atoms with Gasteiger partial charge in [-0.05, 0) is 84.5 Å².